The summed E-state index contributed by atoms with van der Waals surface area (Å²) in [5.74, 6) is 0.188. The molecule has 1 aliphatic heterocycles. The zero-order valence-corrected chi connectivity index (χ0v) is 36.3. The Morgan fingerprint density at radius 2 is 1.43 bits per heavy atom. The SMILES string of the molecule is CC[C@H](C(=O)C1CCCC[C@H]1C(=O)O[C@H](CCc1ccc(OC)c(OC)c1)c1cccc(OCC(=O)NCCCCN2C(=O)CCC2=O)c1)c1cc(OC)c(OC)c(OC)c1. The van der Waals surface area contributed by atoms with Gasteiger partial charge in [0, 0.05) is 37.8 Å². The van der Waals surface area contributed by atoms with Crippen molar-refractivity contribution in [1.82, 2.24) is 10.2 Å². The number of rotatable bonds is 23. The maximum absolute atomic E-state index is 14.5. The third-order valence-corrected chi connectivity index (χ3v) is 11.6. The molecule has 3 aromatic rings. The van der Waals surface area contributed by atoms with E-state index in [4.69, 9.17) is 33.2 Å². The van der Waals surface area contributed by atoms with Crippen molar-refractivity contribution in [2.45, 2.75) is 89.6 Å². The Morgan fingerprint density at radius 1 is 0.754 bits per heavy atom. The van der Waals surface area contributed by atoms with Gasteiger partial charge < -0.3 is 38.5 Å². The summed E-state index contributed by atoms with van der Waals surface area (Å²) in [5, 5.41) is 2.82. The van der Waals surface area contributed by atoms with Crippen molar-refractivity contribution in [3.05, 3.63) is 71.3 Å². The molecule has 1 heterocycles. The molecule has 14 nitrogen and oxygen atoms in total. The minimum absolute atomic E-state index is 0.0224. The van der Waals surface area contributed by atoms with Crippen LogP contribution in [0.2, 0.25) is 0 Å². The highest BCUT2D eigenvalue weighted by Gasteiger charge is 2.41. The maximum Gasteiger partial charge on any atom is 0.310 e. The van der Waals surface area contributed by atoms with E-state index in [9.17, 15) is 24.0 Å². The summed E-state index contributed by atoms with van der Waals surface area (Å²) >= 11 is 0. The number of amides is 3. The van der Waals surface area contributed by atoms with E-state index in [0.29, 0.717) is 98.1 Å². The first-order chi connectivity index (χ1) is 29.5. The zero-order valence-electron chi connectivity index (χ0n) is 36.3. The first kappa shape index (κ1) is 46.3. The van der Waals surface area contributed by atoms with E-state index < -0.39 is 29.8 Å². The van der Waals surface area contributed by atoms with Gasteiger partial charge in [0.2, 0.25) is 17.6 Å². The molecule has 1 saturated heterocycles. The van der Waals surface area contributed by atoms with Crippen LogP contribution in [0.15, 0.2) is 54.6 Å². The van der Waals surface area contributed by atoms with Crippen LogP contribution in [0.5, 0.6) is 34.5 Å². The van der Waals surface area contributed by atoms with Crippen molar-refractivity contribution < 1.29 is 57.1 Å². The van der Waals surface area contributed by atoms with Crippen LogP contribution in [-0.4, -0.2) is 89.6 Å². The molecule has 1 N–H and O–H groups in total. The third kappa shape index (κ3) is 11.9. The number of hydrogen-bond acceptors (Lipinski definition) is 12. The Morgan fingerprint density at radius 3 is 2.07 bits per heavy atom. The fourth-order valence-corrected chi connectivity index (χ4v) is 8.27. The lowest BCUT2D eigenvalue weighted by Gasteiger charge is -2.33. The van der Waals surface area contributed by atoms with Gasteiger partial charge >= 0.3 is 5.97 Å². The molecule has 61 heavy (non-hydrogen) atoms. The number of nitrogens with one attached hydrogen (secondary N) is 1. The van der Waals surface area contributed by atoms with E-state index in [1.807, 2.05) is 31.2 Å². The van der Waals surface area contributed by atoms with Crippen molar-refractivity contribution in [3.8, 4) is 34.5 Å². The van der Waals surface area contributed by atoms with Gasteiger partial charge in [0.05, 0.1) is 41.5 Å². The number of carbonyl (C=O) groups is 5. The number of benzene rings is 3. The zero-order chi connectivity index (χ0) is 43.9. The van der Waals surface area contributed by atoms with Gasteiger partial charge in [-0.25, -0.2) is 0 Å². The molecule has 2 fully saturated rings. The van der Waals surface area contributed by atoms with Crippen LogP contribution in [0.25, 0.3) is 0 Å². The van der Waals surface area contributed by atoms with Crippen LogP contribution in [0, 0.1) is 11.8 Å². The van der Waals surface area contributed by atoms with E-state index in [1.165, 1.54) is 26.2 Å². The summed E-state index contributed by atoms with van der Waals surface area (Å²) in [6, 6.07) is 16.4. The van der Waals surface area contributed by atoms with Crippen LogP contribution in [0.1, 0.15) is 99.8 Å². The van der Waals surface area contributed by atoms with Gasteiger partial charge in [-0.2, -0.15) is 0 Å². The van der Waals surface area contributed by atoms with E-state index in [1.54, 1.807) is 44.6 Å². The van der Waals surface area contributed by atoms with Gasteiger partial charge in [0.1, 0.15) is 17.6 Å². The van der Waals surface area contributed by atoms with Crippen molar-refractivity contribution in [1.29, 1.82) is 0 Å². The Bertz CT molecular complexity index is 1960. The molecule has 14 heteroatoms. The molecule has 0 bridgehead atoms. The summed E-state index contributed by atoms with van der Waals surface area (Å²) in [5.41, 5.74) is 2.36. The number of ketones is 1. The summed E-state index contributed by atoms with van der Waals surface area (Å²) < 4.78 is 40.0. The van der Waals surface area contributed by atoms with Crippen LogP contribution in [0.4, 0.5) is 0 Å². The smallest absolute Gasteiger partial charge is 0.310 e. The topological polar surface area (TPSA) is 165 Å². The van der Waals surface area contributed by atoms with Gasteiger partial charge in [-0.1, -0.05) is 38.0 Å². The average molecular weight is 845 g/mol. The van der Waals surface area contributed by atoms with Gasteiger partial charge in [-0.05, 0) is 98.0 Å². The predicted molar refractivity (Wildman–Crippen MR) is 226 cm³/mol. The van der Waals surface area contributed by atoms with E-state index in [0.717, 1.165) is 24.0 Å². The van der Waals surface area contributed by atoms with Crippen LogP contribution in [-0.2, 0) is 35.1 Å². The normalized spacial score (nSPS) is 17.2. The Kier molecular flexibility index (Phi) is 17.2. The summed E-state index contributed by atoms with van der Waals surface area (Å²) in [6.45, 7) is 2.44. The number of hydrogen-bond donors (Lipinski definition) is 1. The summed E-state index contributed by atoms with van der Waals surface area (Å²) in [7, 11) is 7.75. The molecule has 0 aromatic heterocycles. The van der Waals surface area contributed by atoms with E-state index in [2.05, 4.69) is 5.32 Å². The van der Waals surface area contributed by atoms with Crippen molar-refractivity contribution in [2.75, 3.05) is 55.2 Å². The molecule has 5 rings (SSSR count). The highest BCUT2D eigenvalue weighted by Crippen LogP contribution is 2.43. The molecular weight excluding hydrogens is 785 g/mol. The molecule has 4 atom stereocenters. The van der Waals surface area contributed by atoms with Crippen molar-refractivity contribution in [2.24, 2.45) is 11.8 Å². The van der Waals surface area contributed by atoms with Crippen LogP contribution < -0.4 is 33.7 Å². The number of esters is 1. The fourth-order valence-electron chi connectivity index (χ4n) is 8.27. The Balaban J connectivity index is 1.30. The lowest BCUT2D eigenvalue weighted by molar-refractivity contribution is -0.160. The maximum atomic E-state index is 14.5. The minimum atomic E-state index is -0.706. The van der Waals surface area contributed by atoms with Gasteiger partial charge in [-0.15, -0.1) is 0 Å². The lowest BCUT2D eigenvalue weighted by Crippen LogP contribution is -2.37. The quantitative estimate of drug-likeness (QED) is 0.0595. The largest absolute Gasteiger partial charge is 0.493 e. The predicted octanol–water partition coefficient (Wildman–Crippen LogP) is 6.94. The number of aryl methyl sites for hydroxylation is 1. The number of nitrogens with zero attached hydrogens (tertiary/aromatic N) is 1. The highest BCUT2D eigenvalue weighted by molar-refractivity contribution is 6.01. The molecule has 0 radical (unpaired) electrons. The second-order valence-electron chi connectivity index (χ2n) is 15.3. The first-order valence-electron chi connectivity index (χ1n) is 21.1. The Hall–Kier alpha value is -5.79. The molecule has 1 aliphatic carbocycles. The van der Waals surface area contributed by atoms with Gasteiger partial charge in [0.15, 0.2) is 29.6 Å². The molecular formula is C47H60N2O12. The number of Topliss-reactive ketones (excluding diaryl/α,β-unsaturated/α-hetero) is 1. The number of carbonyl (C=O) groups excluding carboxylic acids is 5. The average Bonchev–Trinajstić information content (AvgIpc) is 3.61. The second-order valence-corrected chi connectivity index (χ2v) is 15.3. The van der Waals surface area contributed by atoms with Crippen molar-refractivity contribution in [3.63, 3.8) is 0 Å². The van der Waals surface area contributed by atoms with Gasteiger partial charge in [0.25, 0.3) is 5.91 Å². The Labute approximate surface area is 358 Å². The molecule has 2 aliphatic rings. The highest BCUT2D eigenvalue weighted by atomic mass is 16.5. The van der Waals surface area contributed by atoms with Crippen LogP contribution in [0.3, 0.4) is 0 Å². The number of likely N-dealkylation sites (tertiary alicyclic amines) is 1. The summed E-state index contributed by atoms with van der Waals surface area (Å²) in [6.07, 6.45) is 5.16. The molecule has 0 spiro atoms. The van der Waals surface area contributed by atoms with Crippen molar-refractivity contribution >= 4 is 29.5 Å². The second kappa shape index (κ2) is 22.7. The monoisotopic (exact) mass is 844 g/mol. The summed E-state index contributed by atoms with van der Waals surface area (Å²) in [4.78, 5) is 66.6. The molecule has 1 saturated carbocycles. The van der Waals surface area contributed by atoms with Gasteiger partial charge in [-0.3, -0.25) is 28.9 Å². The minimum Gasteiger partial charge on any atom is -0.493 e. The van der Waals surface area contributed by atoms with Crippen LogP contribution >= 0.6 is 0 Å². The third-order valence-electron chi connectivity index (χ3n) is 11.6. The first-order valence-corrected chi connectivity index (χ1v) is 21.1. The molecule has 1 unspecified atom stereocenters. The fraction of sp³-hybridized carbons (Fsp3) is 0.511. The van der Waals surface area contributed by atoms with E-state index >= 15 is 0 Å². The lowest BCUT2D eigenvalue weighted by atomic mass is 9.72. The standard InChI is InChI=1S/C47H60N2O12/c1-7-34(32-27-40(57-4)46(59-6)41(28-32)58-5)45(53)35-15-8-9-16-36(35)47(54)61-37(19-17-30-18-20-38(55-2)39(25-30)56-3)31-13-12-14-33(26-31)60-29-42(50)48-23-10-11-24-49-43(51)21-22-44(49)52/h12-14,18,20,25-28,34-37H,7-11,15-17,19,21-24,29H2,1-6H3,(H,48,50)/t34-,35?,36+,37+/m0/s1. The number of unbranched alkanes of at least 4 members (excludes halogenated alkanes) is 1. The number of imide groups is 1. The number of methoxy groups -OCH3 is 5. The molecule has 3 amide bonds. The molecule has 3 aromatic carbocycles. The number of ether oxygens (including phenoxy) is 7. The molecule has 330 valence electrons. The van der Waals surface area contributed by atoms with E-state index in [-0.39, 0.29) is 43.0 Å².